The van der Waals surface area contributed by atoms with Crippen LogP contribution in [0.25, 0.3) is 0 Å². The third-order valence-corrected chi connectivity index (χ3v) is 5.02. The zero-order valence-corrected chi connectivity index (χ0v) is 16.7. The number of carbonyl (C=O) groups excluding carboxylic acids is 2. The number of likely N-dealkylation sites (N-methyl/N-ethyl adjacent to an activating group) is 1. The number of nitrogens with zero attached hydrogens (tertiary/aromatic N) is 2. The number of carbonyl (C=O) groups is 3. The fourth-order valence-corrected chi connectivity index (χ4v) is 3.32. The number of amidine groups is 1. The molecule has 0 aromatic heterocycles. The highest BCUT2D eigenvalue weighted by Crippen LogP contribution is 2.26. The lowest BCUT2D eigenvalue weighted by atomic mass is 10.1. The summed E-state index contributed by atoms with van der Waals surface area (Å²) in [6, 6.07) is 10.9. The summed E-state index contributed by atoms with van der Waals surface area (Å²) in [6.07, 6.45) is -0.358. The van der Waals surface area contributed by atoms with Crippen molar-refractivity contribution in [3.8, 4) is 0 Å². The number of hydrogen-bond acceptors (Lipinski definition) is 5. The molecule has 1 atom stereocenters. The van der Waals surface area contributed by atoms with Gasteiger partial charge in [-0.1, -0.05) is 6.07 Å². The number of anilines is 2. The molecule has 9 nitrogen and oxygen atoms in total. The van der Waals surface area contributed by atoms with Crippen LogP contribution in [0.2, 0.25) is 0 Å². The molecule has 0 unspecified atom stereocenters. The quantitative estimate of drug-likeness (QED) is 0.436. The molecule has 9 heteroatoms. The van der Waals surface area contributed by atoms with Crippen molar-refractivity contribution in [2.45, 2.75) is 19.0 Å². The van der Waals surface area contributed by atoms with E-state index in [0.717, 1.165) is 5.56 Å². The van der Waals surface area contributed by atoms with Crippen LogP contribution in [0.3, 0.4) is 0 Å². The standard InChI is InChI=1S/C21H23N5O4/c1-25-11-14-4-3-13(9-16(14)24-17(21(25)30)10-18(27)28)20(29)26(2)15-7-5-12(6-8-15)19(22)23/h3-9,17,24H,10-11H2,1-2H3,(H3,22,23)(H,27,28)/t17-/m1/s1. The molecule has 0 saturated heterocycles. The molecule has 0 aliphatic carbocycles. The van der Waals surface area contributed by atoms with Gasteiger partial charge in [-0.2, -0.15) is 0 Å². The van der Waals surface area contributed by atoms with Gasteiger partial charge in [-0.05, 0) is 42.0 Å². The predicted molar refractivity (Wildman–Crippen MR) is 113 cm³/mol. The van der Waals surface area contributed by atoms with Crippen LogP contribution in [-0.4, -0.2) is 53.8 Å². The number of nitrogens with two attached hydrogens (primary N) is 1. The van der Waals surface area contributed by atoms with Gasteiger partial charge in [0.15, 0.2) is 0 Å². The second-order valence-corrected chi connectivity index (χ2v) is 7.19. The van der Waals surface area contributed by atoms with E-state index in [1.165, 1.54) is 9.80 Å². The van der Waals surface area contributed by atoms with Gasteiger partial charge in [0.05, 0.1) is 6.42 Å². The first-order chi connectivity index (χ1) is 14.2. The number of carboxylic acids is 1. The molecular weight excluding hydrogens is 386 g/mol. The van der Waals surface area contributed by atoms with Gasteiger partial charge in [0.1, 0.15) is 11.9 Å². The molecule has 5 N–H and O–H groups in total. The van der Waals surface area contributed by atoms with Crippen LogP contribution in [0.4, 0.5) is 11.4 Å². The summed E-state index contributed by atoms with van der Waals surface area (Å²) >= 11 is 0. The maximum atomic E-state index is 13.0. The molecule has 0 bridgehead atoms. The molecule has 30 heavy (non-hydrogen) atoms. The zero-order chi connectivity index (χ0) is 22.0. The van der Waals surface area contributed by atoms with Gasteiger partial charge < -0.3 is 26.0 Å². The fraction of sp³-hybridized carbons (Fsp3) is 0.238. The van der Waals surface area contributed by atoms with Crippen LogP contribution in [0, 0.1) is 5.41 Å². The van der Waals surface area contributed by atoms with Gasteiger partial charge in [0.25, 0.3) is 5.91 Å². The number of amides is 2. The molecule has 2 aromatic carbocycles. The smallest absolute Gasteiger partial charge is 0.305 e. The summed E-state index contributed by atoms with van der Waals surface area (Å²) in [7, 11) is 3.25. The zero-order valence-electron chi connectivity index (χ0n) is 16.7. The third-order valence-electron chi connectivity index (χ3n) is 5.02. The summed E-state index contributed by atoms with van der Waals surface area (Å²) in [6.45, 7) is 0.314. The molecule has 0 saturated carbocycles. The highest BCUT2D eigenvalue weighted by atomic mass is 16.4. The number of fused-ring (bicyclic) bond motifs is 1. The Morgan fingerprint density at radius 2 is 1.87 bits per heavy atom. The summed E-state index contributed by atoms with van der Waals surface area (Å²) in [4.78, 5) is 39.5. The molecule has 2 amide bonds. The van der Waals surface area contributed by atoms with E-state index in [0.29, 0.717) is 29.0 Å². The van der Waals surface area contributed by atoms with E-state index in [9.17, 15) is 14.4 Å². The van der Waals surface area contributed by atoms with Gasteiger partial charge in [0.2, 0.25) is 5.91 Å². The van der Waals surface area contributed by atoms with Crippen molar-refractivity contribution in [2.75, 3.05) is 24.3 Å². The van der Waals surface area contributed by atoms with Crippen LogP contribution < -0.4 is 16.0 Å². The Labute approximate surface area is 173 Å². The van der Waals surface area contributed by atoms with E-state index >= 15 is 0 Å². The predicted octanol–water partition coefficient (Wildman–Crippen LogP) is 1.47. The van der Waals surface area contributed by atoms with Crippen LogP contribution in [0.5, 0.6) is 0 Å². The maximum Gasteiger partial charge on any atom is 0.305 e. The van der Waals surface area contributed by atoms with Gasteiger partial charge in [-0.3, -0.25) is 19.8 Å². The maximum absolute atomic E-state index is 13.0. The van der Waals surface area contributed by atoms with E-state index in [4.69, 9.17) is 16.2 Å². The minimum Gasteiger partial charge on any atom is -0.481 e. The molecule has 0 radical (unpaired) electrons. The van der Waals surface area contributed by atoms with Gasteiger partial charge in [-0.25, -0.2) is 0 Å². The minimum absolute atomic E-state index is 0.0530. The molecule has 3 rings (SSSR count). The van der Waals surface area contributed by atoms with Crippen molar-refractivity contribution in [1.82, 2.24) is 4.90 Å². The highest BCUT2D eigenvalue weighted by molar-refractivity contribution is 6.07. The van der Waals surface area contributed by atoms with E-state index in [1.807, 2.05) is 0 Å². The van der Waals surface area contributed by atoms with Gasteiger partial charge in [0, 0.05) is 43.1 Å². The number of nitrogen functional groups attached to an aromatic ring is 1. The van der Waals surface area contributed by atoms with Crippen LogP contribution in [0.1, 0.15) is 27.9 Å². The SMILES string of the molecule is CN1Cc2ccc(C(=O)N(C)c3ccc(C(=N)N)cc3)cc2N[C@H](CC(=O)O)C1=O. The average molecular weight is 409 g/mol. The van der Waals surface area contributed by atoms with Crippen LogP contribution >= 0.6 is 0 Å². The fourth-order valence-electron chi connectivity index (χ4n) is 3.32. The van der Waals surface area contributed by atoms with E-state index < -0.39 is 12.0 Å². The average Bonchev–Trinajstić information content (AvgIpc) is 2.82. The molecular formula is C21H23N5O4. The van der Waals surface area contributed by atoms with Crippen molar-refractivity contribution in [1.29, 1.82) is 5.41 Å². The number of nitrogens with one attached hydrogen (secondary N) is 2. The molecule has 0 fully saturated rings. The first-order valence-electron chi connectivity index (χ1n) is 9.26. The monoisotopic (exact) mass is 409 g/mol. The van der Waals surface area contributed by atoms with Crippen LogP contribution in [-0.2, 0) is 16.1 Å². The summed E-state index contributed by atoms with van der Waals surface area (Å²) in [5.41, 5.74) is 8.40. The van der Waals surface area contributed by atoms with Crippen LogP contribution in [0.15, 0.2) is 42.5 Å². The first kappa shape index (κ1) is 20.8. The van der Waals surface area contributed by atoms with E-state index in [2.05, 4.69) is 5.32 Å². The van der Waals surface area contributed by atoms with Crippen molar-refractivity contribution < 1.29 is 19.5 Å². The topological polar surface area (TPSA) is 140 Å². The first-order valence-corrected chi connectivity index (χ1v) is 9.26. The van der Waals surface area contributed by atoms with Crippen molar-refractivity contribution in [3.63, 3.8) is 0 Å². The number of aliphatic carboxylic acids is 1. The molecule has 2 aromatic rings. The third kappa shape index (κ3) is 4.24. The lowest BCUT2D eigenvalue weighted by Crippen LogP contribution is -2.39. The Balaban J connectivity index is 1.87. The Morgan fingerprint density at radius 3 is 2.47 bits per heavy atom. The highest BCUT2D eigenvalue weighted by Gasteiger charge is 2.29. The second-order valence-electron chi connectivity index (χ2n) is 7.19. The summed E-state index contributed by atoms with van der Waals surface area (Å²) < 4.78 is 0. The largest absolute Gasteiger partial charge is 0.481 e. The van der Waals surface area contributed by atoms with Crippen molar-refractivity contribution in [2.24, 2.45) is 5.73 Å². The van der Waals surface area contributed by atoms with Gasteiger partial charge >= 0.3 is 5.97 Å². The minimum atomic E-state index is -1.08. The summed E-state index contributed by atoms with van der Waals surface area (Å²) in [5, 5.41) is 19.5. The van der Waals surface area contributed by atoms with E-state index in [1.54, 1.807) is 56.6 Å². The number of carboxylic acid groups (broad SMARTS) is 1. The normalized spacial score (nSPS) is 15.6. The number of hydrogen-bond donors (Lipinski definition) is 4. The Morgan fingerprint density at radius 1 is 1.23 bits per heavy atom. The van der Waals surface area contributed by atoms with Crippen molar-refractivity contribution >= 4 is 35.0 Å². The second kappa shape index (κ2) is 8.24. The molecule has 1 aliphatic rings. The number of rotatable bonds is 5. The van der Waals surface area contributed by atoms with Crippen molar-refractivity contribution in [3.05, 3.63) is 59.2 Å². The molecule has 1 aliphatic heterocycles. The lowest BCUT2D eigenvalue weighted by molar-refractivity contribution is -0.141. The number of benzene rings is 2. The Hall–Kier alpha value is -3.88. The molecule has 1 heterocycles. The van der Waals surface area contributed by atoms with Gasteiger partial charge in [-0.15, -0.1) is 0 Å². The Bertz CT molecular complexity index is 1020. The summed E-state index contributed by atoms with van der Waals surface area (Å²) in [5.74, 6) is -1.72. The Kier molecular flexibility index (Phi) is 5.72. The lowest BCUT2D eigenvalue weighted by Gasteiger charge is -2.19. The molecule has 0 spiro atoms. The molecule has 156 valence electrons. The van der Waals surface area contributed by atoms with E-state index in [-0.39, 0.29) is 24.1 Å².